The first-order valence-electron chi connectivity index (χ1n) is 9.09. The van der Waals surface area contributed by atoms with Crippen molar-refractivity contribution in [2.24, 2.45) is 0 Å². The van der Waals surface area contributed by atoms with E-state index >= 15 is 0 Å². The minimum absolute atomic E-state index is 0.0166. The molecule has 8 heteroatoms. The summed E-state index contributed by atoms with van der Waals surface area (Å²) in [7, 11) is -2.06. The van der Waals surface area contributed by atoms with Crippen LogP contribution in [0.1, 0.15) is 36.5 Å². The van der Waals surface area contributed by atoms with Crippen LogP contribution in [0.15, 0.2) is 47.4 Å². The largest absolute Gasteiger partial charge is 0.495 e. The number of benzene rings is 2. The summed E-state index contributed by atoms with van der Waals surface area (Å²) in [6.07, 6.45) is 2.77. The topological polar surface area (TPSA) is 75.7 Å². The van der Waals surface area contributed by atoms with E-state index in [1.807, 2.05) is 6.92 Å². The van der Waals surface area contributed by atoms with Crippen molar-refractivity contribution in [3.63, 3.8) is 0 Å². The molecule has 0 radical (unpaired) electrons. The average molecular weight is 423 g/mol. The zero-order chi connectivity index (χ0) is 20.3. The molecule has 1 fully saturated rings. The second kappa shape index (κ2) is 8.51. The van der Waals surface area contributed by atoms with Gasteiger partial charge >= 0.3 is 0 Å². The summed E-state index contributed by atoms with van der Waals surface area (Å²) in [5.41, 5.74) is 0.784. The Kier molecular flexibility index (Phi) is 6.27. The Hall–Kier alpha value is -2.09. The Morgan fingerprint density at radius 2 is 1.89 bits per heavy atom. The normalized spacial score (nSPS) is 17.9. The van der Waals surface area contributed by atoms with Crippen LogP contribution < -0.4 is 10.1 Å². The number of nitrogens with zero attached hydrogens (tertiary/aromatic N) is 1. The number of amides is 1. The van der Waals surface area contributed by atoms with Gasteiger partial charge in [-0.3, -0.25) is 4.79 Å². The lowest BCUT2D eigenvalue weighted by Crippen LogP contribution is -2.41. The minimum atomic E-state index is -3.56. The molecule has 0 saturated carbocycles. The van der Waals surface area contributed by atoms with Gasteiger partial charge in [-0.25, -0.2) is 8.42 Å². The van der Waals surface area contributed by atoms with Gasteiger partial charge in [0.25, 0.3) is 5.91 Å². The molecular weight excluding hydrogens is 400 g/mol. The third-order valence-corrected chi connectivity index (χ3v) is 7.14. The number of anilines is 1. The number of carbonyl (C=O) groups excluding carboxylic acids is 1. The summed E-state index contributed by atoms with van der Waals surface area (Å²) in [5.74, 6) is 0.104. The van der Waals surface area contributed by atoms with Crippen LogP contribution >= 0.6 is 11.6 Å². The number of methoxy groups -OCH3 is 1. The molecule has 0 aliphatic carbocycles. The van der Waals surface area contributed by atoms with Crippen LogP contribution in [-0.2, 0) is 10.0 Å². The third-order valence-electron chi connectivity index (χ3n) is 4.87. The highest BCUT2D eigenvalue weighted by molar-refractivity contribution is 7.89. The quantitative estimate of drug-likeness (QED) is 0.784. The molecule has 1 heterocycles. The summed E-state index contributed by atoms with van der Waals surface area (Å²) >= 11 is 5.98. The molecule has 0 spiro atoms. The van der Waals surface area contributed by atoms with E-state index in [1.54, 1.807) is 22.5 Å². The van der Waals surface area contributed by atoms with Gasteiger partial charge in [-0.15, -0.1) is 0 Å². The van der Waals surface area contributed by atoms with Crippen LogP contribution in [0.3, 0.4) is 0 Å². The zero-order valence-electron chi connectivity index (χ0n) is 15.8. The van der Waals surface area contributed by atoms with E-state index in [1.165, 1.54) is 31.4 Å². The van der Waals surface area contributed by atoms with Crippen molar-refractivity contribution < 1.29 is 17.9 Å². The van der Waals surface area contributed by atoms with Gasteiger partial charge in [0.05, 0.1) is 17.7 Å². The van der Waals surface area contributed by atoms with Crippen molar-refractivity contribution >= 4 is 33.2 Å². The van der Waals surface area contributed by atoms with Crippen molar-refractivity contribution in [1.82, 2.24) is 4.31 Å². The SMILES string of the molecule is COc1ccc(Cl)cc1NC(=O)c1ccc(S(=O)(=O)N2CCCC[C@@H]2C)cc1. The van der Waals surface area contributed by atoms with Crippen LogP contribution in [0.5, 0.6) is 5.75 Å². The van der Waals surface area contributed by atoms with E-state index in [4.69, 9.17) is 16.3 Å². The predicted molar refractivity (Wildman–Crippen MR) is 110 cm³/mol. The van der Waals surface area contributed by atoms with Crippen LogP contribution in [0.25, 0.3) is 0 Å². The molecule has 1 atom stereocenters. The Bertz CT molecular complexity index is 961. The number of hydrogen-bond donors (Lipinski definition) is 1. The molecule has 0 aromatic heterocycles. The summed E-state index contributed by atoms with van der Waals surface area (Å²) in [6.45, 7) is 2.46. The van der Waals surface area contributed by atoms with Gasteiger partial charge < -0.3 is 10.1 Å². The van der Waals surface area contributed by atoms with Gasteiger partial charge in [0.1, 0.15) is 5.75 Å². The molecule has 2 aromatic rings. The molecule has 1 amide bonds. The monoisotopic (exact) mass is 422 g/mol. The van der Waals surface area contributed by atoms with Crippen molar-refractivity contribution in [2.75, 3.05) is 19.0 Å². The molecule has 1 saturated heterocycles. The fourth-order valence-corrected chi connectivity index (χ4v) is 5.19. The maximum atomic E-state index is 12.9. The smallest absolute Gasteiger partial charge is 0.255 e. The highest BCUT2D eigenvalue weighted by Crippen LogP contribution is 2.29. The van der Waals surface area contributed by atoms with E-state index in [0.29, 0.717) is 28.6 Å². The molecule has 6 nitrogen and oxygen atoms in total. The van der Waals surface area contributed by atoms with Crippen LogP contribution in [-0.4, -0.2) is 38.3 Å². The van der Waals surface area contributed by atoms with Crippen LogP contribution in [0.2, 0.25) is 5.02 Å². The third kappa shape index (κ3) is 4.32. The van der Waals surface area contributed by atoms with E-state index in [-0.39, 0.29) is 16.8 Å². The minimum Gasteiger partial charge on any atom is -0.495 e. The molecule has 150 valence electrons. The number of ether oxygens (including phenoxy) is 1. The summed E-state index contributed by atoms with van der Waals surface area (Å²) in [5, 5.41) is 3.20. The number of rotatable bonds is 5. The van der Waals surface area contributed by atoms with Crippen molar-refractivity contribution in [2.45, 2.75) is 37.1 Å². The number of sulfonamides is 1. The van der Waals surface area contributed by atoms with Gasteiger partial charge in [-0.2, -0.15) is 4.31 Å². The predicted octanol–water partition coefficient (Wildman–Crippen LogP) is 4.16. The highest BCUT2D eigenvalue weighted by atomic mass is 35.5. The molecule has 2 aromatic carbocycles. The lowest BCUT2D eigenvalue weighted by atomic mass is 10.1. The van der Waals surface area contributed by atoms with Gasteiger partial charge in [0.15, 0.2) is 0 Å². The molecular formula is C20H23ClN2O4S. The summed E-state index contributed by atoms with van der Waals surface area (Å²) in [6, 6.07) is 10.9. The van der Waals surface area contributed by atoms with Crippen molar-refractivity contribution in [3.05, 3.63) is 53.1 Å². The molecule has 1 aliphatic heterocycles. The number of halogens is 1. The highest BCUT2D eigenvalue weighted by Gasteiger charge is 2.30. The Labute approximate surface area is 170 Å². The molecule has 28 heavy (non-hydrogen) atoms. The fourth-order valence-electron chi connectivity index (χ4n) is 3.31. The molecule has 0 bridgehead atoms. The average Bonchev–Trinajstić information content (AvgIpc) is 2.68. The first-order chi connectivity index (χ1) is 13.3. The van der Waals surface area contributed by atoms with Gasteiger partial charge in [-0.1, -0.05) is 18.0 Å². The zero-order valence-corrected chi connectivity index (χ0v) is 17.4. The maximum absolute atomic E-state index is 12.9. The second-order valence-electron chi connectivity index (χ2n) is 6.78. The Balaban J connectivity index is 1.79. The van der Waals surface area contributed by atoms with Gasteiger partial charge in [-0.05, 0) is 62.2 Å². The summed E-state index contributed by atoms with van der Waals surface area (Å²) in [4.78, 5) is 12.7. The molecule has 1 aliphatic rings. The number of hydrogen-bond acceptors (Lipinski definition) is 4. The summed E-state index contributed by atoms with van der Waals surface area (Å²) < 4.78 is 32.5. The number of nitrogens with one attached hydrogen (secondary N) is 1. The van der Waals surface area contributed by atoms with E-state index in [9.17, 15) is 13.2 Å². The lowest BCUT2D eigenvalue weighted by Gasteiger charge is -2.32. The van der Waals surface area contributed by atoms with E-state index < -0.39 is 10.0 Å². The Morgan fingerprint density at radius 1 is 1.18 bits per heavy atom. The molecule has 1 N–H and O–H groups in total. The molecule has 0 unspecified atom stereocenters. The molecule has 3 rings (SSSR count). The fraction of sp³-hybridized carbons (Fsp3) is 0.350. The standard InChI is InChI=1S/C20H23ClN2O4S/c1-14-5-3-4-12-23(14)28(25,26)17-9-6-15(7-10-17)20(24)22-18-13-16(21)8-11-19(18)27-2/h6-11,13-14H,3-5,12H2,1-2H3,(H,22,24)/t14-/m0/s1. The number of carbonyl (C=O) groups is 1. The first-order valence-corrected chi connectivity index (χ1v) is 10.9. The van der Waals surface area contributed by atoms with Crippen molar-refractivity contribution in [1.29, 1.82) is 0 Å². The van der Waals surface area contributed by atoms with E-state index in [0.717, 1.165) is 19.3 Å². The first kappa shape index (κ1) is 20.6. The van der Waals surface area contributed by atoms with E-state index in [2.05, 4.69) is 5.32 Å². The number of piperidine rings is 1. The van der Waals surface area contributed by atoms with Crippen LogP contribution in [0, 0.1) is 0 Å². The maximum Gasteiger partial charge on any atom is 0.255 e. The second-order valence-corrected chi connectivity index (χ2v) is 9.11. The Morgan fingerprint density at radius 3 is 2.54 bits per heavy atom. The van der Waals surface area contributed by atoms with Gasteiger partial charge in [0.2, 0.25) is 10.0 Å². The van der Waals surface area contributed by atoms with Gasteiger partial charge in [0, 0.05) is 23.2 Å². The van der Waals surface area contributed by atoms with Crippen LogP contribution in [0.4, 0.5) is 5.69 Å². The van der Waals surface area contributed by atoms with Crippen molar-refractivity contribution in [3.8, 4) is 5.75 Å². The lowest BCUT2D eigenvalue weighted by molar-refractivity contribution is 0.102.